The van der Waals surface area contributed by atoms with Crippen molar-refractivity contribution in [2.75, 3.05) is 5.73 Å². The van der Waals surface area contributed by atoms with E-state index in [2.05, 4.69) is 35.9 Å². The number of imidazole rings is 1. The monoisotopic (exact) mass is 253 g/mol. The lowest BCUT2D eigenvalue weighted by molar-refractivity contribution is 1.34. The number of aryl methyl sites for hydroxylation is 2. The van der Waals surface area contributed by atoms with Crippen LogP contribution in [0.15, 0.2) is 36.4 Å². The lowest BCUT2D eigenvalue weighted by atomic mass is 10.1. The highest BCUT2D eigenvalue weighted by Gasteiger charge is 2.06. The molecule has 0 fully saturated rings. The molecular weight excluding hydrogens is 234 g/mol. The normalized spacial score (nSPS) is 10.4. The first kappa shape index (κ1) is 13.1. The van der Waals surface area contributed by atoms with Gasteiger partial charge in [-0.15, -0.1) is 0 Å². The van der Waals surface area contributed by atoms with Crippen molar-refractivity contribution in [3.63, 3.8) is 0 Å². The minimum atomic E-state index is 0. The fraction of sp³-hybridized carbons (Fsp3) is 0.188. The number of aromatic amines is 1. The first-order chi connectivity index (χ1) is 8.63. The molecule has 0 aliphatic rings. The third-order valence-corrected chi connectivity index (χ3v) is 3.28. The number of hydrogen-bond acceptors (Lipinski definition) is 2. The largest absolute Gasteiger partial charge is 0.399 e. The van der Waals surface area contributed by atoms with Crippen LogP contribution >= 0.6 is 0 Å². The van der Waals surface area contributed by atoms with E-state index in [0.717, 1.165) is 28.1 Å². The Balaban J connectivity index is 0.00000133. The van der Waals surface area contributed by atoms with Crippen molar-refractivity contribution >= 4 is 16.7 Å². The van der Waals surface area contributed by atoms with Crippen molar-refractivity contribution in [2.24, 2.45) is 0 Å². The minimum Gasteiger partial charge on any atom is -0.399 e. The van der Waals surface area contributed by atoms with Gasteiger partial charge in [-0.05, 0) is 61.4 Å². The van der Waals surface area contributed by atoms with Gasteiger partial charge in [0.25, 0.3) is 0 Å². The second kappa shape index (κ2) is 4.76. The second-order valence-corrected chi connectivity index (χ2v) is 4.66. The molecule has 2 aromatic carbocycles. The van der Waals surface area contributed by atoms with Crippen LogP contribution in [0.5, 0.6) is 0 Å². The van der Waals surface area contributed by atoms with Gasteiger partial charge >= 0.3 is 0 Å². The molecule has 0 saturated heterocycles. The van der Waals surface area contributed by atoms with Crippen molar-refractivity contribution in [1.82, 2.24) is 9.97 Å². The Labute approximate surface area is 113 Å². The van der Waals surface area contributed by atoms with Gasteiger partial charge < -0.3 is 10.7 Å². The molecule has 0 saturated carbocycles. The summed E-state index contributed by atoms with van der Waals surface area (Å²) in [5, 5.41) is 0. The van der Waals surface area contributed by atoms with E-state index in [1.54, 1.807) is 0 Å². The van der Waals surface area contributed by atoms with Crippen molar-refractivity contribution in [3.05, 3.63) is 47.5 Å². The topological polar surface area (TPSA) is 54.7 Å². The maximum atomic E-state index is 5.69. The van der Waals surface area contributed by atoms with Gasteiger partial charge in [-0.3, -0.25) is 0 Å². The molecule has 0 unspecified atom stereocenters. The highest BCUT2D eigenvalue weighted by molar-refractivity contribution is 5.81. The second-order valence-electron chi connectivity index (χ2n) is 4.66. The maximum absolute atomic E-state index is 5.69. The summed E-state index contributed by atoms with van der Waals surface area (Å²) in [6, 6.07) is 12.0. The number of hydrogen-bond donors (Lipinski definition) is 2. The lowest BCUT2D eigenvalue weighted by Gasteiger charge is -1.97. The quantitative estimate of drug-likeness (QED) is 0.642. The number of nitrogens with one attached hydrogen (secondary N) is 1. The van der Waals surface area contributed by atoms with Crippen LogP contribution in [0.4, 0.5) is 5.69 Å². The van der Waals surface area contributed by atoms with E-state index >= 15 is 0 Å². The number of benzene rings is 2. The molecule has 0 aliphatic carbocycles. The average molecular weight is 253 g/mol. The van der Waals surface area contributed by atoms with E-state index in [0.29, 0.717) is 0 Å². The Kier molecular flexibility index (Phi) is 3.30. The Bertz CT molecular complexity index is 670. The van der Waals surface area contributed by atoms with Gasteiger partial charge in [-0.1, -0.05) is 7.43 Å². The maximum Gasteiger partial charge on any atom is 0.138 e. The predicted octanol–water partition coefficient (Wildman–Crippen LogP) is 4.07. The Morgan fingerprint density at radius 1 is 1.00 bits per heavy atom. The molecule has 0 spiro atoms. The number of H-pyrrole nitrogens is 1. The summed E-state index contributed by atoms with van der Waals surface area (Å²) in [5.41, 5.74) is 12.1. The van der Waals surface area contributed by atoms with Gasteiger partial charge in [0.05, 0.1) is 11.0 Å². The van der Waals surface area contributed by atoms with Crippen molar-refractivity contribution in [1.29, 1.82) is 0 Å². The number of nitrogens with two attached hydrogens (primary N) is 1. The first-order valence-electron chi connectivity index (χ1n) is 5.96. The Morgan fingerprint density at radius 2 is 1.63 bits per heavy atom. The molecule has 3 aromatic rings. The number of aromatic nitrogens is 2. The standard InChI is InChI=1S/C15H15N3.CH4/c1-9-7-13-14(8-10(9)2)18-15(17-13)11-3-5-12(16)6-4-11;/h3-8H,16H2,1-2H3,(H,17,18);1H4. The number of nitrogen functional groups attached to an aromatic ring is 1. The summed E-state index contributed by atoms with van der Waals surface area (Å²) in [4.78, 5) is 7.97. The van der Waals surface area contributed by atoms with Crippen molar-refractivity contribution in [2.45, 2.75) is 21.3 Å². The molecule has 3 N–H and O–H groups in total. The lowest BCUT2D eigenvalue weighted by Crippen LogP contribution is -1.84. The summed E-state index contributed by atoms with van der Waals surface area (Å²) in [6.45, 7) is 4.21. The molecule has 0 radical (unpaired) electrons. The minimum absolute atomic E-state index is 0. The third kappa shape index (κ3) is 2.32. The van der Waals surface area contributed by atoms with Crippen molar-refractivity contribution < 1.29 is 0 Å². The van der Waals surface area contributed by atoms with E-state index in [9.17, 15) is 0 Å². The predicted molar refractivity (Wildman–Crippen MR) is 82.1 cm³/mol. The molecule has 1 heterocycles. The molecule has 3 nitrogen and oxygen atoms in total. The zero-order valence-electron chi connectivity index (χ0n) is 10.5. The number of nitrogens with zero attached hydrogens (tertiary/aromatic N) is 1. The molecule has 3 rings (SSSR count). The third-order valence-electron chi connectivity index (χ3n) is 3.28. The van der Waals surface area contributed by atoms with Crippen LogP contribution in [-0.2, 0) is 0 Å². The molecule has 0 bridgehead atoms. The van der Waals surface area contributed by atoms with Crippen LogP contribution < -0.4 is 5.73 Å². The first-order valence-corrected chi connectivity index (χ1v) is 5.96. The fourth-order valence-corrected chi connectivity index (χ4v) is 2.05. The molecule has 98 valence electrons. The van der Waals surface area contributed by atoms with E-state index in [-0.39, 0.29) is 7.43 Å². The van der Waals surface area contributed by atoms with Gasteiger partial charge in [0.2, 0.25) is 0 Å². The van der Waals surface area contributed by atoms with Gasteiger partial charge in [-0.2, -0.15) is 0 Å². The zero-order chi connectivity index (χ0) is 12.7. The van der Waals surface area contributed by atoms with E-state index in [4.69, 9.17) is 5.73 Å². The van der Waals surface area contributed by atoms with Crippen molar-refractivity contribution in [3.8, 4) is 11.4 Å². The van der Waals surface area contributed by atoms with Crippen LogP contribution in [0, 0.1) is 13.8 Å². The molecular formula is C16H19N3. The van der Waals surface area contributed by atoms with Gasteiger partial charge in [0.15, 0.2) is 0 Å². The fourth-order valence-electron chi connectivity index (χ4n) is 2.05. The molecule has 3 heteroatoms. The highest BCUT2D eigenvalue weighted by atomic mass is 14.9. The van der Waals surface area contributed by atoms with Gasteiger partial charge in [0.1, 0.15) is 5.82 Å². The summed E-state index contributed by atoms with van der Waals surface area (Å²) in [5.74, 6) is 0.884. The van der Waals surface area contributed by atoms with Gasteiger partial charge in [-0.25, -0.2) is 4.98 Å². The van der Waals surface area contributed by atoms with E-state index in [1.807, 2.05) is 24.3 Å². The summed E-state index contributed by atoms with van der Waals surface area (Å²) >= 11 is 0. The highest BCUT2D eigenvalue weighted by Crippen LogP contribution is 2.23. The molecule has 0 atom stereocenters. The van der Waals surface area contributed by atoms with Gasteiger partial charge in [0, 0.05) is 11.3 Å². The Hall–Kier alpha value is -2.29. The van der Waals surface area contributed by atoms with Crippen LogP contribution in [0.25, 0.3) is 22.4 Å². The molecule has 19 heavy (non-hydrogen) atoms. The summed E-state index contributed by atoms with van der Waals surface area (Å²) in [6.07, 6.45) is 0. The smallest absolute Gasteiger partial charge is 0.138 e. The molecule has 0 aliphatic heterocycles. The number of anilines is 1. The van der Waals surface area contributed by atoms with E-state index in [1.165, 1.54) is 11.1 Å². The van der Waals surface area contributed by atoms with Crippen LogP contribution in [0.1, 0.15) is 18.6 Å². The number of rotatable bonds is 1. The Morgan fingerprint density at radius 3 is 2.32 bits per heavy atom. The number of fused-ring (bicyclic) bond motifs is 1. The molecule has 0 amide bonds. The summed E-state index contributed by atoms with van der Waals surface area (Å²) < 4.78 is 0. The SMILES string of the molecule is C.Cc1cc2nc(-c3ccc(N)cc3)[nH]c2cc1C. The van der Waals surface area contributed by atoms with Crippen LogP contribution in [-0.4, -0.2) is 9.97 Å². The summed E-state index contributed by atoms with van der Waals surface area (Å²) in [7, 11) is 0. The van der Waals surface area contributed by atoms with Crippen LogP contribution in [0.3, 0.4) is 0 Å². The zero-order valence-corrected chi connectivity index (χ0v) is 10.5. The molecule has 1 aromatic heterocycles. The van der Waals surface area contributed by atoms with E-state index < -0.39 is 0 Å². The average Bonchev–Trinajstić information content (AvgIpc) is 2.73. The van der Waals surface area contributed by atoms with Crippen LogP contribution in [0.2, 0.25) is 0 Å².